The summed E-state index contributed by atoms with van der Waals surface area (Å²) in [6, 6.07) is 8.43. The summed E-state index contributed by atoms with van der Waals surface area (Å²) >= 11 is 0. The highest BCUT2D eigenvalue weighted by atomic mass is 16.6. The zero-order valence-corrected chi connectivity index (χ0v) is 13.7. The summed E-state index contributed by atoms with van der Waals surface area (Å²) < 4.78 is 10.3. The Labute approximate surface area is 136 Å². The van der Waals surface area contributed by atoms with Crippen LogP contribution in [0.25, 0.3) is 0 Å². The van der Waals surface area contributed by atoms with Crippen LogP contribution in [0.3, 0.4) is 0 Å². The molecular weight excluding hydrogens is 296 g/mol. The molecule has 0 radical (unpaired) electrons. The van der Waals surface area contributed by atoms with E-state index in [9.17, 15) is 9.59 Å². The lowest BCUT2D eigenvalue weighted by Gasteiger charge is -2.15. The third-order valence-electron chi connectivity index (χ3n) is 3.10. The van der Waals surface area contributed by atoms with Crippen LogP contribution in [0.15, 0.2) is 24.3 Å². The van der Waals surface area contributed by atoms with Crippen molar-refractivity contribution in [2.75, 3.05) is 6.61 Å². The standard InChI is InChI=1S/C17H22N2O4/c1-4-5-12(2)19-16(20)11-22-17(21)13(3)23-15-8-6-14(10-18)7-9-15/h6-9,12-13H,4-5,11H2,1-3H3,(H,19,20)/t12-,13-/m0/s1. The summed E-state index contributed by atoms with van der Waals surface area (Å²) in [5.41, 5.74) is 0.505. The van der Waals surface area contributed by atoms with Crippen LogP contribution in [0.5, 0.6) is 5.75 Å². The first kappa shape index (κ1) is 18.5. The second-order valence-corrected chi connectivity index (χ2v) is 5.26. The second-order valence-electron chi connectivity index (χ2n) is 5.26. The average molecular weight is 318 g/mol. The Balaban J connectivity index is 2.38. The number of amides is 1. The number of nitrogens with zero attached hydrogens (tertiary/aromatic N) is 1. The van der Waals surface area contributed by atoms with Gasteiger partial charge in [0.1, 0.15) is 5.75 Å². The Morgan fingerprint density at radius 2 is 1.91 bits per heavy atom. The van der Waals surface area contributed by atoms with E-state index in [0.29, 0.717) is 11.3 Å². The van der Waals surface area contributed by atoms with Crippen molar-refractivity contribution in [3.8, 4) is 11.8 Å². The maximum absolute atomic E-state index is 11.8. The number of esters is 1. The Kier molecular flexibility index (Phi) is 7.61. The van der Waals surface area contributed by atoms with Crippen molar-refractivity contribution >= 4 is 11.9 Å². The fourth-order valence-corrected chi connectivity index (χ4v) is 1.94. The predicted octanol–water partition coefficient (Wildman–Crippen LogP) is 2.17. The molecule has 0 heterocycles. The lowest BCUT2D eigenvalue weighted by molar-refractivity contribution is -0.154. The largest absolute Gasteiger partial charge is 0.479 e. The van der Waals surface area contributed by atoms with Crippen LogP contribution in [0.1, 0.15) is 39.2 Å². The van der Waals surface area contributed by atoms with Crippen LogP contribution in [0.2, 0.25) is 0 Å². The number of nitrogens with one attached hydrogen (secondary N) is 1. The summed E-state index contributed by atoms with van der Waals surface area (Å²) in [6.07, 6.45) is 0.998. The molecule has 0 aliphatic heterocycles. The normalized spacial score (nSPS) is 12.6. The highest BCUT2D eigenvalue weighted by Gasteiger charge is 2.18. The molecule has 124 valence electrons. The Morgan fingerprint density at radius 1 is 1.26 bits per heavy atom. The number of nitriles is 1. The molecule has 1 rings (SSSR count). The molecular formula is C17H22N2O4. The average Bonchev–Trinajstić information content (AvgIpc) is 2.53. The van der Waals surface area contributed by atoms with Crippen molar-refractivity contribution in [3.05, 3.63) is 29.8 Å². The van der Waals surface area contributed by atoms with Crippen molar-refractivity contribution in [2.45, 2.75) is 45.8 Å². The predicted molar refractivity (Wildman–Crippen MR) is 84.7 cm³/mol. The zero-order chi connectivity index (χ0) is 17.2. The molecule has 0 unspecified atom stereocenters. The SMILES string of the molecule is CCC[C@H](C)NC(=O)COC(=O)[C@H](C)Oc1ccc(C#N)cc1. The Morgan fingerprint density at radius 3 is 2.48 bits per heavy atom. The van der Waals surface area contributed by atoms with Crippen LogP contribution in [-0.2, 0) is 14.3 Å². The van der Waals surface area contributed by atoms with E-state index in [1.165, 1.54) is 6.92 Å². The van der Waals surface area contributed by atoms with Gasteiger partial charge in [-0.25, -0.2) is 4.79 Å². The van der Waals surface area contributed by atoms with Crippen LogP contribution in [0, 0.1) is 11.3 Å². The zero-order valence-electron chi connectivity index (χ0n) is 13.7. The van der Waals surface area contributed by atoms with Crippen molar-refractivity contribution in [2.24, 2.45) is 0 Å². The van der Waals surface area contributed by atoms with E-state index in [1.54, 1.807) is 24.3 Å². The number of hydrogen-bond acceptors (Lipinski definition) is 5. The molecule has 0 aromatic heterocycles. The van der Waals surface area contributed by atoms with E-state index in [-0.39, 0.29) is 18.6 Å². The molecule has 0 saturated carbocycles. The smallest absolute Gasteiger partial charge is 0.347 e. The molecule has 1 aromatic rings. The van der Waals surface area contributed by atoms with E-state index < -0.39 is 12.1 Å². The molecule has 23 heavy (non-hydrogen) atoms. The van der Waals surface area contributed by atoms with Crippen molar-refractivity contribution in [1.82, 2.24) is 5.32 Å². The van der Waals surface area contributed by atoms with Gasteiger partial charge in [-0.2, -0.15) is 5.26 Å². The van der Waals surface area contributed by atoms with Crippen LogP contribution in [-0.4, -0.2) is 30.6 Å². The number of hydrogen-bond donors (Lipinski definition) is 1. The van der Waals surface area contributed by atoms with E-state index >= 15 is 0 Å². The van der Waals surface area contributed by atoms with Gasteiger partial charge in [-0.05, 0) is 44.5 Å². The van der Waals surface area contributed by atoms with Crippen molar-refractivity contribution in [3.63, 3.8) is 0 Å². The summed E-state index contributed by atoms with van der Waals surface area (Å²) in [7, 11) is 0. The topological polar surface area (TPSA) is 88.4 Å². The molecule has 6 heteroatoms. The highest BCUT2D eigenvalue weighted by Crippen LogP contribution is 2.13. The lowest BCUT2D eigenvalue weighted by Crippen LogP contribution is -2.37. The van der Waals surface area contributed by atoms with Crippen molar-refractivity contribution < 1.29 is 19.1 Å². The van der Waals surface area contributed by atoms with Gasteiger partial charge in [0.15, 0.2) is 12.7 Å². The summed E-state index contributed by atoms with van der Waals surface area (Å²) in [4.78, 5) is 23.4. The van der Waals surface area contributed by atoms with Crippen LogP contribution < -0.4 is 10.1 Å². The van der Waals surface area contributed by atoms with Gasteiger partial charge >= 0.3 is 5.97 Å². The van der Waals surface area contributed by atoms with Gasteiger partial charge in [-0.15, -0.1) is 0 Å². The van der Waals surface area contributed by atoms with Crippen molar-refractivity contribution in [1.29, 1.82) is 5.26 Å². The third-order valence-corrected chi connectivity index (χ3v) is 3.10. The first-order valence-electron chi connectivity index (χ1n) is 7.59. The Hall–Kier alpha value is -2.55. The number of ether oxygens (including phenoxy) is 2. The number of carbonyl (C=O) groups excluding carboxylic acids is 2. The molecule has 1 N–H and O–H groups in total. The first-order chi connectivity index (χ1) is 11.0. The number of rotatable bonds is 8. The second kappa shape index (κ2) is 9.46. The quantitative estimate of drug-likeness (QED) is 0.742. The fourth-order valence-electron chi connectivity index (χ4n) is 1.94. The minimum atomic E-state index is -0.844. The molecule has 0 saturated heterocycles. The minimum Gasteiger partial charge on any atom is -0.479 e. The van der Waals surface area contributed by atoms with Gasteiger partial charge < -0.3 is 14.8 Å². The van der Waals surface area contributed by atoms with E-state index in [1.807, 2.05) is 19.9 Å². The highest BCUT2D eigenvalue weighted by molar-refractivity contribution is 5.82. The van der Waals surface area contributed by atoms with Gasteiger partial charge in [-0.1, -0.05) is 13.3 Å². The molecule has 2 atom stereocenters. The molecule has 0 spiro atoms. The fraction of sp³-hybridized carbons (Fsp3) is 0.471. The monoisotopic (exact) mass is 318 g/mol. The minimum absolute atomic E-state index is 0.0542. The Bertz CT molecular complexity index is 563. The summed E-state index contributed by atoms with van der Waals surface area (Å²) in [5, 5.41) is 11.5. The van der Waals surface area contributed by atoms with Gasteiger partial charge in [0.2, 0.25) is 0 Å². The third kappa shape index (κ3) is 6.83. The molecule has 0 aliphatic rings. The number of carbonyl (C=O) groups is 2. The molecule has 1 amide bonds. The molecule has 0 fully saturated rings. The van der Waals surface area contributed by atoms with E-state index in [2.05, 4.69) is 5.32 Å². The molecule has 0 bridgehead atoms. The first-order valence-corrected chi connectivity index (χ1v) is 7.59. The van der Waals surface area contributed by atoms with E-state index in [0.717, 1.165) is 12.8 Å². The van der Waals surface area contributed by atoms with E-state index in [4.69, 9.17) is 14.7 Å². The van der Waals surface area contributed by atoms with Gasteiger partial charge in [0.05, 0.1) is 11.6 Å². The van der Waals surface area contributed by atoms with Crippen LogP contribution >= 0.6 is 0 Å². The molecule has 6 nitrogen and oxygen atoms in total. The van der Waals surface area contributed by atoms with Crippen LogP contribution in [0.4, 0.5) is 0 Å². The lowest BCUT2D eigenvalue weighted by atomic mass is 10.2. The molecule has 0 aliphatic carbocycles. The van der Waals surface area contributed by atoms with Gasteiger partial charge in [0, 0.05) is 6.04 Å². The maximum Gasteiger partial charge on any atom is 0.347 e. The summed E-state index contributed by atoms with van der Waals surface area (Å²) in [6.45, 7) is 5.15. The summed E-state index contributed by atoms with van der Waals surface area (Å²) in [5.74, 6) is -0.494. The maximum atomic E-state index is 11.8. The van der Waals surface area contributed by atoms with Gasteiger partial charge in [-0.3, -0.25) is 4.79 Å². The van der Waals surface area contributed by atoms with Gasteiger partial charge in [0.25, 0.3) is 5.91 Å². The number of benzene rings is 1. The molecule has 1 aromatic carbocycles.